The van der Waals surface area contributed by atoms with Crippen LogP contribution in [-0.4, -0.2) is 30.1 Å². The first-order valence-electron chi connectivity index (χ1n) is 8.90. The van der Waals surface area contributed by atoms with E-state index in [1.54, 1.807) is 0 Å². The minimum Gasteiger partial charge on any atom is -0.492 e. The second-order valence-corrected chi connectivity index (χ2v) is 6.29. The predicted octanol–water partition coefficient (Wildman–Crippen LogP) is 4.25. The summed E-state index contributed by atoms with van der Waals surface area (Å²) in [6.07, 6.45) is 1.02. The summed E-state index contributed by atoms with van der Waals surface area (Å²) in [4.78, 5) is 14.3. The largest absolute Gasteiger partial charge is 0.492 e. The number of carbonyl (C=O) groups is 1. The molecule has 134 valence electrons. The van der Waals surface area contributed by atoms with Crippen LogP contribution in [0, 0.1) is 0 Å². The van der Waals surface area contributed by atoms with Crippen molar-refractivity contribution in [3.63, 3.8) is 0 Å². The van der Waals surface area contributed by atoms with E-state index in [0.717, 1.165) is 17.7 Å². The van der Waals surface area contributed by atoms with Crippen LogP contribution in [0.2, 0.25) is 0 Å². The van der Waals surface area contributed by atoms with Gasteiger partial charge in [0.15, 0.2) is 0 Å². The van der Waals surface area contributed by atoms with E-state index in [-0.39, 0.29) is 12.1 Å². The molecule has 0 aliphatic heterocycles. The summed E-state index contributed by atoms with van der Waals surface area (Å²) < 4.78 is 5.68. The third kappa shape index (κ3) is 6.14. The van der Waals surface area contributed by atoms with E-state index in [9.17, 15) is 4.79 Å². The first-order chi connectivity index (χ1) is 12.1. The van der Waals surface area contributed by atoms with E-state index < -0.39 is 0 Å². The molecule has 2 rings (SSSR count). The molecule has 4 heteroatoms. The van der Waals surface area contributed by atoms with E-state index in [1.165, 1.54) is 5.56 Å². The molecule has 0 atom stereocenters. The summed E-state index contributed by atoms with van der Waals surface area (Å²) in [6.45, 7) is 7.70. The highest BCUT2D eigenvalue weighted by Gasteiger charge is 2.16. The van der Waals surface area contributed by atoms with Crippen molar-refractivity contribution in [2.24, 2.45) is 0 Å². The molecule has 0 aliphatic carbocycles. The molecule has 1 N–H and O–H groups in total. The predicted molar refractivity (Wildman–Crippen MR) is 102 cm³/mol. The SMILES string of the molecule is CCc1ccc(OCCNC(=O)N(Cc2ccccc2)C(C)C)cc1. The summed E-state index contributed by atoms with van der Waals surface area (Å²) in [5.41, 5.74) is 2.41. The highest BCUT2D eigenvalue weighted by Crippen LogP contribution is 2.12. The fraction of sp³-hybridized carbons (Fsp3) is 0.381. The fourth-order valence-corrected chi connectivity index (χ4v) is 2.52. The molecular formula is C21H28N2O2. The van der Waals surface area contributed by atoms with Gasteiger partial charge in [0.05, 0.1) is 6.54 Å². The van der Waals surface area contributed by atoms with Crippen LogP contribution in [0.5, 0.6) is 5.75 Å². The van der Waals surface area contributed by atoms with Gasteiger partial charge in [0.1, 0.15) is 12.4 Å². The average molecular weight is 340 g/mol. The van der Waals surface area contributed by atoms with Gasteiger partial charge in [-0.05, 0) is 43.5 Å². The second kappa shape index (κ2) is 9.72. The van der Waals surface area contributed by atoms with Crippen molar-refractivity contribution in [2.75, 3.05) is 13.2 Å². The Morgan fingerprint density at radius 2 is 1.72 bits per heavy atom. The Labute approximate surface area is 150 Å². The van der Waals surface area contributed by atoms with E-state index in [0.29, 0.717) is 19.7 Å². The normalized spacial score (nSPS) is 10.6. The highest BCUT2D eigenvalue weighted by atomic mass is 16.5. The maximum atomic E-state index is 12.4. The second-order valence-electron chi connectivity index (χ2n) is 6.29. The van der Waals surface area contributed by atoms with Crippen LogP contribution < -0.4 is 10.1 Å². The number of rotatable bonds is 8. The van der Waals surface area contributed by atoms with Gasteiger partial charge < -0.3 is 15.0 Å². The Balaban J connectivity index is 1.78. The summed E-state index contributed by atoms with van der Waals surface area (Å²) in [6, 6.07) is 18.2. The zero-order chi connectivity index (χ0) is 18.1. The van der Waals surface area contributed by atoms with Crippen molar-refractivity contribution in [3.8, 4) is 5.75 Å². The van der Waals surface area contributed by atoms with Crippen LogP contribution in [0.3, 0.4) is 0 Å². The number of amides is 2. The van der Waals surface area contributed by atoms with E-state index >= 15 is 0 Å². The Kier molecular flexibility index (Phi) is 7.33. The molecule has 0 saturated carbocycles. The van der Waals surface area contributed by atoms with Gasteiger partial charge in [0.25, 0.3) is 0 Å². The number of benzene rings is 2. The van der Waals surface area contributed by atoms with Crippen molar-refractivity contribution < 1.29 is 9.53 Å². The molecular weight excluding hydrogens is 312 g/mol. The molecule has 2 amide bonds. The van der Waals surface area contributed by atoms with Crippen LogP contribution >= 0.6 is 0 Å². The van der Waals surface area contributed by atoms with Crippen LogP contribution in [0.1, 0.15) is 31.9 Å². The van der Waals surface area contributed by atoms with E-state index in [4.69, 9.17) is 4.74 Å². The Morgan fingerprint density at radius 1 is 1.04 bits per heavy atom. The van der Waals surface area contributed by atoms with Gasteiger partial charge in [-0.3, -0.25) is 0 Å². The summed E-state index contributed by atoms with van der Waals surface area (Å²) in [7, 11) is 0. The first kappa shape index (κ1) is 18.8. The Bertz CT molecular complexity index is 639. The molecule has 0 bridgehead atoms. The van der Waals surface area contributed by atoms with Gasteiger partial charge in [-0.1, -0.05) is 49.4 Å². The van der Waals surface area contributed by atoms with Gasteiger partial charge >= 0.3 is 6.03 Å². The van der Waals surface area contributed by atoms with Gasteiger partial charge in [-0.15, -0.1) is 0 Å². The average Bonchev–Trinajstić information content (AvgIpc) is 2.64. The number of aryl methyl sites for hydroxylation is 1. The standard InChI is InChI=1S/C21H28N2O2/c1-4-18-10-12-20(13-11-18)25-15-14-22-21(24)23(17(2)3)16-19-8-6-5-7-9-19/h5-13,17H,4,14-16H2,1-3H3,(H,22,24). The lowest BCUT2D eigenvalue weighted by Gasteiger charge is -2.27. The highest BCUT2D eigenvalue weighted by molar-refractivity contribution is 5.74. The van der Waals surface area contributed by atoms with Crippen molar-refractivity contribution in [1.29, 1.82) is 0 Å². The van der Waals surface area contributed by atoms with Crippen molar-refractivity contribution in [3.05, 3.63) is 65.7 Å². The molecule has 0 spiro atoms. The summed E-state index contributed by atoms with van der Waals surface area (Å²) >= 11 is 0. The Morgan fingerprint density at radius 3 is 2.32 bits per heavy atom. The third-order valence-corrected chi connectivity index (χ3v) is 4.06. The molecule has 0 heterocycles. The molecule has 0 fully saturated rings. The quantitative estimate of drug-likeness (QED) is 0.730. The van der Waals surface area contributed by atoms with Crippen molar-refractivity contribution in [1.82, 2.24) is 10.2 Å². The van der Waals surface area contributed by atoms with Crippen LogP contribution in [0.4, 0.5) is 4.79 Å². The van der Waals surface area contributed by atoms with Gasteiger partial charge in [0, 0.05) is 12.6 Å². The van der Waals surface area contributed by atoms with Crippen molar-refractivity contribution in [2.45, 2.75) is 39.8 Å². The van der Waals surface area contributed by atoms with Crippen LogP contribution in [0.25, 0.3) is 0 Å². The molecule has 0 radical (unpaired) electrons. The first-order valence-corrected chi connectivity index (χ1v) is 8.90. The Hall–Kier alpha value is -2.49. The molecule has 2 aromatic rings. The van der Waals surface area contributed by atoms with Gasteiger partial charge in [0.2, 0.25) is 0 Å². The van der Waals surface area contributed by atoms with E-state index in [1.807, 2.05) is 61.2 Å². The molecule has 25 heavy (non-hydrogen) atoms. The molecule has 0 aromatic heterocycles. The van der Waals surface area contributed by atoms with Crippen molar-refractivity contribution >= 4 is 6.03 Å². The number of urea groups is 1. The monoisotopic (exact) mass is 340 g/mol. The number of hydrogen-bond donors (Lipinski definition) is 1. The fourth-order valence-electron chi connectivity index (χ4n) is 2.52. The molecule has 0 saturated heterocycles. The molecule has 0 aliphatic rings. The number of nitrogens with one attached hydrogen (secondary N) is 1. The lowest BCUT2D eigenvalue weighted by molar-refractivity contribution is 0.177. The molecule has 0 unspecified atom stereocenters. The van der Waals surface area contributed by atoms with Crippen LogP contribution in [0.15, 0.2) is 54.6 Å². The number of nitrogens with zero attached hydrogens (tertiary/aromatic N) is 1. The van der Waals surface area contributed by atoms with Crippen LogP contribution in [-0.2, 0) is 13.0 Å². The van der Waals surface area contributed by atoms with Gasteiger partial charge in [-0.25, -0.2) is 4.79 Å². The lowest BCUT2D eigenvalue weighted by atomic mass is 10.2. The third-order valence-electron chi connectivity index (χ3n) is 4.06. The van der Waals surface area contributed by atoms with Gasteiger partial charge in [-0.2, -0.15) is 0 Å². The molecule has 2 aromatic carbocycles. The number of hydrogen-bond acceptors (Lipinski definition) is 2. The minimum absolute atomic E-state index is 0.0659. The summed E-state index contributed by atoms with van der Waals surface area (Å²) in [5, 5.41) is 2.94. The maximum absolute atomic E-state index is 12.4. The topological polar surface area (TPSA) is 41.6 Å². The number of ether oxygens (including phenoxy) is 1. The lowest BCUT2D eigenvalue weighted by Crippen LogP contribution is -2.44. The smallest absolute Gasteiger partial charge is 0.318 e. The minimum atomic E-state index is -0.0659. The zero-order valence-corrected chi connectivity index (χ0v) is 15.4. The molecule has 4 nitrogen and oxygen atoms in total. The number of carbonyl (C=O) groups excluding carboxylic acids is 1. The zero-order valence-electron chi connectivity index (χ0n) is 15.4. The maximum Gasteiger partial charge on any atom is 0.318 e. The summed E-state index contributed by atoms with van der Waals surface area (Å²) in [5.74, 6) is 0.830. The van der Waals surface area contributed by atoms with E-state index in [2.05, 4.69) is 24.4 Å².